The molecule has 11 heteroatoms. The van der Waals surface area contributed by atoms with E-state index in [1.165, 1.54) is 24.3 Å². The van der Waals surface area contributed by atoms with Crippen molar-refractivity contribution in [2.45, 2.75) is 69.4 Å². The van der Waals surface area contributed by atoms with Crippen LogP contribution in [0.3, 0.4) is 0 Å². The summed E-state index contributed by atoms with van der Waals surface area (Å²) in [6.45, 7) is 3.84. The smallest absolute Gasteiger partial charge is 0.296 e. The highest BCUT2D eigenvalue weighted by Gasteiger charge is 2.48. The number of hydrogen-bond donors (Lipinski definition) is 5. The van der Waals surface area contributed by atoms with Gasteiger partial charge in [-0.2, -0.15) is 0 Å². The van der Waals surface area contributed by atoms with Crippen LogP contribution < -0.4 is 15.0 Å². The van der Waals surface area contributed by atoms with Gasteiger partial charge in [-0.25, -0.2) is 4.39 Å². The molecule has 2 saturated heterocycles. The van der Waals surface area contributed by atoms with Gasteiger partial charge in [0.15, 0.2) is 0 Å². The fourth-order valence-corrected chi connectivity index (χ4v) is 5.94. The number of nitrogens with one attached hydrogen (secondary N) is 1. The van der Waals surface area contributed by atoms with Crippen LogP contribution >= 0.6 is 0 Å². The lowest BCUT2D eigenvalue weighted by molar-refractivity contribution is -0.222. The number of β-lactam (4-membered cyclic amide) rings is 1. The number of carbonyl (C=O) groups is 2. The van der Waals surface area contributed by atoms with Gasteiger partial charge in [0.2, 0.25) is 5.91 Å². The molecule has 10 nitrogen and oxygen atoms in total. The van der Waals surface area contributed by atoms with E-state index in [2.05, 4.69) is 17.2 Å². The van der Waals surface area contributed by atoms with Crippen molar-refractivity contribution in [3.8, 4) is 17.6 Å². The minimum Gasteiger partial charge on any atom is -0.491 e. The van der Waals surface area contributed by atoms with E-state index in [-0.39, 0.29) is 24.5 Å². The van der Waals surface area contributed by atoms with Crippen molar-refractivity contribution in [3.63, 3.8) is 0 Å². The molecule has 2 fully saturated rings. The Morgan fingerprint density at radius 3 is 2.34 bits per heavy atom. The molecule has 0 saturated carbocycles. The first-order valence-electron chi connectivity index (χ1n) is 15.7. The molecule has 2 aliphatic heterocycles. The SMILES string of the molecule is CCNC(=O)C#Cc1ccc(N2C(=O)C(CC[C@H](O)c3ccc(F)cc3)[C@H]2c2ccc(OC[C@@H]3O[C@H](C)[C@@H](O)[C@H](O)[C@H]3O)cc2)cc1. The van der Waals surface area contributed by atoms with Gasteiger partial charge < -0.3 is 40.1 Å². The summed E-state index contributed by atoms with van der Waals surface area (Å²) < 4.78 is 24.8. The maximum atomic E-state index is 13.6. The summed E-state index contributed by atoms with van der Waals surface area (Å²) in [7, 11) is 0. The third-order valence-corrected chi connectivity index (χ3v) is 8.61. The van der Waals surface area contributed by atoms with E-state index in [0.29, 0.717) is 42.0 Å². The van der Waals surface area contributed by atoms with Gasteiger partial charge >= 0.3 is 0 Å². The number of halogens is 1. The van der Waals surface area contributed by atoms with Crippen LogP contribution in [0.1, 0.15) is 55.5 Å². The molecule has 5 rings (SSSR count). The Hall–Kier alpha value is -4.31. The van der Waals surface area contributed by atoms with E-state index in [1.54, 1.807) is 48.2 Å². The van der Waals surface area contributed by atoms with Gasteiger partial charge in [-0.05, 0) is 86.3 Å². The molecule has 0 radical (unpaired) electrons. The van der Waals surface area contributed by atoms with Crippen molar-refractivity contribution in [1.29, 1.82) is 0 Å². The third kappa shape index (κ3) is 7.81. The second-order valence-corrected chi connectivity index (χ2v) is 11.8. The summed E-state index contributed by atoms with van der Waals surface area (Å²) in [6.07, 6.45) is -5.56. The third-order valence-electron chi connectivity index (χ3n) is 8.61. The number of hydrogen-bond acceptors (Lipinski definition) is 8. The first-order chi connectivity index (χ1) is 22.6. The van der Waals surface area contributed by atoms with Gasteiger partial charge in [0.1, 0.15) is 42.6 Å². The number of carbonyl (C=O) groups excluding carboxylic acids is 2. The number of amides is 2. The van der Waals surface area contributed by atoms with Crippen molar-refractivity contribution in [2.75, 3.05) is 18.1 Å². The predicted molar refractivity (Wildman–Crippen MR) is 171 cm³/mol. The highest BCUT2D eigenvalue weighted by molar-refractivity contribution is 6.03. The first kappa shape index (κ1) is 34.0. The van der Waals surface area contributed by atoms with E-state index < -0.39 is 48.4 Å². The lowest BCUT2D eigenvalue weighted by atomic mass is 9.78. The molecule has 47 heavy (non-hydrogen) atoms. The van der Waals surface area contributed by atoms with Crippen LogP contribution in [0.5, 0.6) is 5.75 Å². The molecule has 3 aromatic rings. The average molecular weight is 647 g/mol. The molecule has 0 aromatic heterocycles. The number of anilines is 1. The molecule has 248 valence electrons. The Morgan fingerprint density at radius 2 is 1.68 bits per heavy atom. The van der Waals surface area contributed by atoms with E-state index in [4.69, 9.17) is 9.47 Å². The number of benzene rings is 3. The summed E-state index contributed by atoms with van der Waals surface area (Å²) in [5, 5.41) is 43.7. The predicted octanol–water partition coefficient (Wildman–Crippen LogP) is 2.78. The Balaban J connectivity index is 1.32. The number of nitrogens with zero attached hydrogens (tertiary/aromatic N) is 1. The molecular formula is C36H39FN2O8. The zero-order valence-electron chi connectivity index (χ0n) is 26.1. The van der Waals surface area contributed by atoms with Gasteiger partial charge in [0, 0.05) is 23.7 Å². The maximum Gasteiger partial charge on any atom is 0.296 e. The van der Waals surface area contributed by atoms with Crippen LogP contribution in [-0.2, 0) is 14.3 Å². The summed E-state index contributed by atoms with van der Waals surface area (Å²) in [5.74, 6) is 4.51. The van der Waals surface area contributed by atoms with Crippen LogP contribution in [-0.4, -0.2) is 75.9 Å². The van der Waals surface area contributed by atoms with Gasteiger partial charge in [-0.1, -0.05) is 30.2 Å². The van der Waals surface area contributed by atoms with Crippen molar-refractivity contribution in [2.24, 2.45) is 5.92 Å². The summed E-state index contributed by atoms with van der Waals surface area (Å²) in [4.78, 5) is 27.0. The van der Waals surface area contributed by atoms with Crippen molar-refractivity contribution >= 4 is 17.5 Å². The number of aliphatic hydroxyl groups excluding tert-OH is 4. The summed E-state index contributed by atoms with van der Waals surface area (Å²) >= 11 is 0. The van der Waals surface area contributed by atoms with Crippen LogP contribution in [0.25, 0.3) is 0 Å². The second kappa shape index (κ2) is 15.1. The molecule has 0 aliphatic carbocycles. The average Bonchev–Trinajstić information content (AvgIpc) is 3.07. The number of rotatable bonds is 10. The van der Waals surface area contributed by atoms with Gasteiger partial charge in [-0.15, -0.1) is 0 Å². The largest absolute Gasteiger partial charge is 0.491 e. The Morgan fingerprint density at radius 1 is 1.00 bits per heavy atom. The highest BCUT2D eigenvalue weighted by atomic mass is 19.1. The monoisotopic (exact) mass is 646 g/mol. The zero-order chi connectivity index (χ0) is 33.7. The van der Waals surface area contributed by atoms with Gasteiger partial charge in [0.05, 0.1) is 24.2 Å². The molecule has 1 unspecified atom stereocenters. The molecule has 0 spiro atoms. The fourth-order valence-electron chi connectivity index (χ4n) is 5.94. The van der Waals surface area contributed by atoms with Crippen LogP contribution in [0.2, 0.25) is 0 Å². The Labute approximate surface area is 272 Å². The topological polar surface area (TPSA) is 149 Å². The Bertz CT molecular complexity index is 1590. The van der Waals surface area contributed by atoms with E-state index in [1.807, 2.05) is 19.1 Å². The number of aliphatic hydroxyl groups is 4. The summed E-state index contributed by atoms with van der Waals surface area (Å²) in [5.41, 5.74) is 2.67. The lowest BCUT2D eigenvalue weighted by Gasteiger charge is -2.48. The van der Waals surface area contributed by atoms with Gasteiger partial charge in [0.25, 0.3) is 5.91 Å². The lowest BCUT2D eigenvalue weighted by Crippen LogP contribution is -2.58. The quantitative estimate of drug-likeness (QED) is 0.167. The van der Waals surface area contributed by atoms with Crippen LogP contribution in [0.15, 0.2) is 72.8 Å². The maximum absolute atomic E-state index is 13.6. The molecule has 2 heterocycles. The molecule has 8 atom stereocenters. The molecular weight excluding hydrogens is 607 g/mol. The highest BCUT2D eigenvalue weighted by Crippen LogP contribution is 2.46. The van der Waals surface area contributed by atoms with Crippen LogP contribution in [0, 0.1) is 23.6 Å². The minimum absolute atomic E-state index is 0.0537. The van der Waals surface area contributed by atoms with E-state index in [9.17, 15) is 34.4 Å². The molecule has 3 aromatic carbocycles. The molecule has 5 N–H and O–H groups in total. The zero-order valence-corrected chi connectivity index (χ0v) is 26.1. The second-order valence-electron chi connectivity index (χ2n) is 11.8. The fraction of sp³-hybridized carbons (Fsp3) is 0.389. The van der Waals surface area contributed by atoms with E-state index in [0.717, 1.165) is 5.56 Å². The summed E-state index contributed by atoms with van der Waals surface area (Å²) in [6, 6.07) is 19.5. The first-order valence-corrected chi connectivity index (χ1v) is 15.7. The van der Waals surface area contributed by atoms with Crippen molar-refractivity contribution in [3.05, 3.63) is 95.3 Å². The number of ether oxygens (including phenoxy) is 2. The molecule has 2 amide bonds. The van der Waals surface area contributed by atoms with Crippen molar-refractivity contribution in [1.82, 2.24) is 5.32 Å². The molecule has 2 aliphatic rings. The minimum atomic E-state index is -1.35. The standard InChI is InChI=1S/C36H39FN2O8/c1-3-38-31(41)19-6-22-4-13-26(14-5-22)39-32(28(36(39)45)17-18-29(40)23-7-11-25(37)12-8-23)24-9-15-27(16-10-24)46-20-30-34(43)35(44)33(42)21(2)47-30/h4-5,7-16,21,28-30,32-35,40,42-44H,3,17-18,20H2,1-2H3,(H,38,41)/t21-,28?,29+,30+,32-,33-,34+,35+/m1/s1. The van der Waals surface area contributed by atoms with Crippen molar-refractivity contribution < 1.29 is 43.9 Å². The normalized spacial score (nSPS) is 26.1. The van der Waals surface area contributed by atoms with Crippen LogP contribution in [0.4, 0.5) is 10.1 Å². The molecule has 0 bridgehead atoms. The van der Waals surface area contributed by atoms with Gasteiger partial charge in [-0.3, -0.25) is 9.59 Å². The Kier molecular flexibility index (Phi) is 10.9. The van der Waals surface area contributed by atoms with E-state index >= 15 is 0 Å².